The lowest BCUT2D eigenvalue weighted by molar-refractivity contribution is -0.385. The van der Waals surface area contributed by atoms with Crippen LogP contribution in [0, 0.1) is 20.2 Å². The van der Waals surface area contributed by atoms with Crippen molar-refractivity contribution in [2.24, 2.45) is 0 Å². The summed E-state index contributed by atoms with van der Waals surface area (Å²) < 4.78 is 10.2. The van der Waals surface area contributed by atoms with Gasteiger partial charge in [0.15, 0.2) is 11.5 Å². The van der Waals surface area contributed by atoms with Gasteiger partial charge < -0.3 is 14.8 Å². The van der Waals surface area contributed by atoms with Crippen LogP contribution >= 0.6 is 0 Å². The Kier molecular flexibility index (Phi) is 6.26. The van der Waals surface area contributed by atoms with E-state index in [1.54, 1.807) is 0 Å². The number of nitrogens with one attached hydrogen (secondary N) is 1. The molecule has 0 aliphatic carbocycles. The zero-order valence-electron chi connectivity index (χ0n) is 14.6. The highest BCUT2D eigenvalue weighted by atomic mass is 16.6. The number of nitro groups is 2. The number of rotatable bonds is 8. The zero-order chi connectivity index (χ0) is 20.0. The Morgan fingerprint density at radius 3 is 2.11 bits per heavy atom. The average Bonchev–Trinajstić information content (AvgIpc) is 2.67. The second kappa shape index (κ2) is 8.61. The standard InChI is InChI=1S/C17H17N3O7/c1-26-15-9-12(14(20(24)25)10-16(15)27-2)7-8-18-17(21)11-3-5-13(6-4-11)19(22)23/h3-6,9-10H,7-8H2,1-2H3,(H,18,21). The lowest BCUT2D eigenvalue weighted by atomic mass is 10.1. The van der Waals surface area contributed by atoms with Crippen molar-refractivity contribution in [1.82, 2.24) is 5.32 Å². The molecule has 2 rings (SSSR count). The predicted octanol–water partition coefficient (Wildman–Crippen LogP) is 2.49. The third-order valence-electron chi connectivity index (χ3n) is 3.80. The van der Waals surface area contributed by atoms with E-state index in [1.807, 2.05) is 0 Å². The molecule has 0 aliphatic rings. The molecule has 2 aromatic carbocycles. The monoisotopic (exact) mass is 375 g/mol. The van der Waals surface area contributed by atoms with Crippen LogP contribution in [0.15, 0.2) is 36.4 Å². The number of nitrogens with zero attached hydrogens (tertiary/aromatic N) is 2. The predicted molar refractivity (Wildman–Crippen MR) is 95.3 cm³/mol. The maximum absolute atomic E-state index is 12.1. The highest BCUT2D eigenvalue weighted by Crippen LogP contribution is 2.34. The van der Waals surface area contributed by atoms with Crippen molar-refractivity contribution >= 4 is 17.3 Å². The summed E-state index contributed by atoms with van der Waals surface area (Å²) in [5, 5.41) is 24.5. The molecule has 27 heavy (non-hydrogen) atoms. The fraction of sp³-hybridized carbons (Fsp3) is 0.235. The molecule has 0 unspecified atom stereocenters. The Morgan fingerprint density at radius 2 is 1.59 bits per heavy atom. The molecule has 10 nitrogen and oxygen atoms in total. The van der Waals surface area contributed by atoms with Crippen LogP contribution in [-0.2, 0) is 6.42 Å². The van der Waals surface area contributed by atoms with Crippen molar-refractivity contribution in [3.05, 3.63) is 67.8 Å². The minimum absolute atomic E-state index is 0.118. The maximum atomic E-state index is 12.1. The summed E-state index contributed by atoms with van der Waals surface area (Å²) in [6.45, 7) is 0.131. The van der Waals surface area contributed by atoms with E-state index in [-0.39, 0.29) is 35.7 Å². The molecule has 0 saturated heterocycles. The quantitative estimate of drug-likeness (QED) is 0.553. The van der Waals surface area contributed by atoms with E-state index in [9.17, 15) is 25.0 Å². The molecule has 0 atom stereocenters. The molecule has 0 bridgehead atoms. The largest absolute Gasteiger partial charge is 0.493 e. The first kappa shape index (κ1) is 19.6. The SMILES string of the molecule is COc1cc(CCNC(=O)c2ccc([N+](=O)[O-])cc2)c([N+](=O)[O-])cc1OC. The van der Waals surface area contributed by atoms with Crippen molar-refractivity contribution in [1.29, 1.82) is 0 Å². The number of nitro benzene ring substituents is 2. The second-order valence-corrected chi connectivity index (χ2v) is 5.40. The molecule has 1 N–H and O–H groups in total. The third-order valence-corrected chi connectivity index (χ3v) is 3.80. The van der Waals surface area contributed by atoms with Crippen LogP contribution in [0.25, 0.3) is 0 Å². The van der Waals surface area contributed by atoms with E-state index in [0.717, 1.165) is 0 Å². The van der Waals surface area contributed by atoms with Gasteiger partial charge in [0.2, 0.25) is 0 Å². The molecular weight excluding hydrogens is 358 g/mol. The van der Waals surface area contributed by atoms with Crippen LogP contribution in [0.4, 0.5) is 11.4 Å². The van der Waals surface area contributed by atoms with Gasteiger partial charge in [0, 0.05) is 29.8 Å². The van der Waals surface area contributed by atoms with Crippen molar-refractivity contribution in [2.75, 3.05) is 20.8 Å². The highest BCUT2D eigenvalue weighted by molar-refractivity contribution is 5.94. The summed E-state index contributed by atoms with van der Waals surface area (Å²) in [6.07, 6.45) is 0.190. The summed E-state index contributed by atoms with van der Waals surface area (Å²) in [5.41, 5.74) is 0.369. The van der Waals surface area contributed by atoms with E-state index in [0.29, 0.717) is 11.3 Å². The summed E-state index contributed by atoms with van der Waals surface area (Å²) >= 11 is 0. The van der Waals surface area contributed by atoms with Crippen LogP contribution in [0.2, 0.25) is 0 Å². The van der Waals surface area contributed by atoms with E-state index in [1.165, 1.54) is 50.6 Å². The second-order valence-electron chi connectivity index (χ2n) is 5.40. The van der Waals surface area contributed by atoms with Gasteiger partial charge in [-0.25, -0.2) is 0 Å². The summed E-state index contributed by atoms with van der Waals surface area (Å²) in [5.74, 6) is 0.149. The summed E-state index contributed by atoms with van der Waals surface area (Å²) in [6, 6.07) is 7.90. The number of carbonyl (C=O) groups excluding carboxylic acids is 1. The number of hydrogen-bond donors (Lipinski definition) is 1. The van der Waals surface area contributed by atoms with Gasteiger partial charge in [-0.2, -0.15) is 0 Å². The fourth-order valence-electron chi connectivity index (χ4n) is 2.43. The summed E-state index contributed by atoms with van der Waals surface area (Å²) in [4.78, 5) is 32.9. The molecule has 0 aliphatic heterocycles. The van der Waals surface area contributed by atoms with Gasteiger partial charge in [0.05, 0.1) is 30.1 Å². The van der Waals surface area contributed by atoms with Crippen LogP contribution in [-0.4, -0.2) is 36.5 Å². The molecule has 0 radical (unpaired) electrons. The molecule has 0 fully saturated rings. The number of hydrogen-bond acceptors (Lipinski definition) is 7. The molecule has 2 aromatic rings. The average molecular weight is 375 g/mol. The first-order chi connectivity index (χ1) is 12.9. The minimum Gasteiger partial charge on any atom is -0.493 e. The van der Waals surface area contributed by atoms with E-state index in [2.05, 4.69) is 5.32 Å². The van der Waals surface area contributed by atoms with Gasteiger partial charge in [-0.05, 0) is 24.6 Å². The fourth-order valence-corrected chi connectivity index (χ4v) is 2.43. The van der Waals surface area contributed by atoms with Gasteiger partial charge >= 0.3 is 0 Å². The van der Waals surface area contributed by atoms with Gasteiger partial charge in [0.25, 0.3) is 17.3 Å². The van der Waals surface area contributed by atoms with Crippen molar-refractivity contribution in [3.63, 3.8) is 0 Å². The molecule has 10 heteroatoms. The smallest absolute Gasteiger partial charge is 0.276 e. The Labute approximate surface area is 154 Å². The number of amides is 1. The first-order valence-electron chi connectivity index (χ1n) is 7.79. The van der Waals surface area contributed by atoms with E-state index in [4.69, 9.17) is 9.47 Å². The zero-order valence-corrected chi connectivity index (χ0v) is 14.6. The molecule has 0 saturated carbocycles. The van der Waals surface area contributed by atoms with Crippen LogP contribution in [0.5, 0.6) is 11.5 Å². The maximum Gasteiger partial charge on any atom is 0.276 e. The molecule has 0 heterocycles. The van der Waals surface area contributed by atoms with Gasteiger partial charge in [0.1, 0.15) is 0 Å². The molecule has 1 amide bonds. The van der Waals surface area contributed by atoms with Crippen molar-refractivity contribution in [3.8, 4) is 11.5 Å². The number of non-ortho nitro benzene ring substituents is 1. The lowest BCUT2D eigenvalue weighted by Crippen LogP contribution is -2.25. The van der Waals surface area contributed by atoms with Crippen molar-refractivity contribution in [2.45, 2.75) is 6.42 Å². The Morgan fingerprint density at radius 1 is 1.00 bits per heavy atom. The molecule has 142 valence electrons. The number of carbonyl (C=O) groups is 1. The number of ether oxygens (including phenoxy) is 2. The van der Waals surface area contributed by atoms with Crippen LogP contribution in [0.1, 0.15) is 15.9 Å². The molecular formula is C17H17N3O7. The normalized spacial score (nSPS) is 10.1. The summed E-state index contributed by atoms with van der Waals surface area (Å²) in [7, 11) is 2.80. The molecule has 0 spiro atoms. The topological polar surface area (TPSA) is 134 Å². The van der Waals surface area contributed by atoms with Gasteiger partial charge in [-0.3, -0.25) is 25.0 Å². The van der Waals surface area contributed by atoms with E-state index < -0.39 is 15.8 Å². The van der Waals surface area contributed by atoms with Crippen molar-refractivity contribution < 1.29 is 24.1 Å². The van der Waals surface area contributed by atoms with Gasteiger partial charge in [-0.15, -0.1) is 0 Å². The Hall–Kier alpha value is -3.69. The molecule has 0 aromatic heterocycles. The van der Waals surface area contributed by atoms with Crippen LogP contribution < -0.4 is 14.8 Å². The lowest BCUT2D eigenvalue weighted by Gasteiger charge is -2.11. The highest BCUT2D eigenvalue weighted by Gasteiger charge is 2.19. The Bertz CT molecular complexity index is 866. The minimum atomic E-state index is -0.558. The van der Waals surface area contributed by atoms with Crippen LogP contribution in [0.3, 0.4) is 0 Å². The number of benzene rings is 2. The first-order valence-corrected chi connectivity index (χ1v) is 7.79. The Balaban J connectivity index is 2.08. The number of methoxy groups -OCH3 is 2. The van der Waals surface area contributed by atoms with E-state index >= 15 is 0 Å². The van der Waals surface area contributed by atoms with Gasteiger partial charge in [-0.1, -0.05) is 0 Å². The third kappa shape index (κ3) is 4.69.